The molecule has 0 aliphatic carbocycles. The van der Waals surface area contributed by atoms with E-state index in [1.54, 1.807) is 0 Å². The van der Waals surface area contributed by atoms with Crippen LogP contribution in [-0.2, 0) is 4.79 Å². The summed E-state index contributed by atoms with van der Waals surface area (Å²) in [5.41, 5.74) is 5.63. The number of amides is 1. The van der Waals surface area contributed by atoms with E-state index in [0.717, 1.165) is 39.1 Å². The number of nitrogens with zero attached hydrogens (tertiary/aromatic N) is 2. The van der Waals surface area contributed by atoms with E-state index in [9.17, 15) is 4.79 Å². The van der Waals surface area contributed by atoms with Crippen molar-refractivity contribution < 1.29 is 4.79 Å². The van der Waals surface area contributed by atoms with Crippen molar-refractivity contribution in [2.75, 3.05) is 39.3 Å². The second-order valence-electron chi connectivity index (χ2n) is 6.41. The van der Waals surface area contributed by atoms with Crippen LogP contribution in [0, 0.1) is 0 Å². The quantitative estimate of drug-likeness (QED) is 0.752. The number of hydrogen-bond acceptors (Lipinski definition) is 4. The Morgan fingerprint density at radius 2 is 1.84 bits per heavy atom. The highest BCUT2D eigenvalue weighted by atomic mass is 16.2. The van der Waals surface area contributed by atoms with Crippen LogP contribution in [-0.4, -0.2) is 66.6 Å². The predicted octanol–water partition coefficient (Wildman–Crippen LogP) is 0.256. The van der Waals surface area contributed by atoms with Crippen LogP contribution < -0.4 is 11.1 Å². The van der Waals surface area contributed by atoms with Crippen molar-refractivity contribution in [3.05, 3.63) is 0 Å². The molecule has 112 valence electrons. The number of hydrogen-bond donors (Lipinski definition) is 2. The summed E-state index contributed by atoms with van der Waals surface area (Å²) in [5.74, 6) is 0.117. The Morgan fingerprint density at radius 3 is 2.26 bits per heavy atom. The minimum atomic E-state index is -0.147. The molecule has 0 aromatic carbocycles. The van der Waals surface area contributed by atoms with E-state index in [0.29, 0.717) is 12.6 Å². The minimum Gasteiger partial charge on any atom is -0.350 e. The zero-order chi connectivity index (χ0) is 14.5. The zero-order valence-electron chi connectivity index (χ0n) is 12.9. The maximum absolute atomic E-state index is 11.9. The monoisotopic (exact) mass is 270 g/mol. The van der Waals surface area contributed by atoms with E-state index in [4.69, 9.17) is 5.73 Å². The number of nitrogens with two attached hydrogens (primary N) is 1. The molecule has 0 saturated carbocycles. The molecule has 1 fully saturated rings. The van der Waals surface area contributed by atoms with Gasteiger partial charge in [0.2, 0.25) is 5.91 Å². The third-order valence-corrected chi connectivity index (χ3v) is 3.55. The van der Waals surface area contributed by atoms with Crippen molar-refractivity contribution in [2.45, 2.75) is 45.7 Å². The highest BCUT2D eigenvalue weighted by molar-refractivity contribution is 5.78. The van der Waals surface area contributed by atoms with Crippen molar-refractivity contribution in [3.8, 4) is 0 Å². The molecule has 5 nitrogen and oxygen atoms in total. The number of piperazine rings is 1. The molecule has 19 heavy (non-hydrogen) atoms. The Labute approximate surface area is 117 Å². The summed E-state index contributed by atoms with van der Waals surface area (Å²) < 4.78 is 0. The molecule has 1 rings (SSSR count). The molecule has 1 aliphatic heterocycles. The Hall–Kier alpha value is -0.650. The van der Waals surface area contributed by atoms with E-state index < -0.39 is 0 Å². The van der Waals surface area contributed by atoms with Crippen molar-refractivity contribution in [1.82, 2.24) is 15.1 Å². The van der Waals surface area contributed by atoms with Gasteiger partial charge in [0.05, 0.1) is 6.54 Å². The standard InChI is InChI=1S/C14H30N4O/c1-5-12(10-15)18-8-6-17(7-9-18)11-13(19)16-14(2,3)4/h12H,5-11,15H2,1-4H3,(H,16,19). The lowest BCUT2D eigenvalue weighted by Gasteiger charge is -2.38. The van der Waals surface area contributed by atoms with Gasteiger partial charge in [0, 0.05) is 44.3 Å². The Kier molecular flexibility index (Phi) is 6.23. The molecule has 1 heterocycles. The maximum atomic E-state index is 11.9. The van der Waals surface area contributed by atoms with Gasteiger partial charge in [0.15, 0.2) is 0 Å². The largest absolute Gasteiger partial charge is 0.350 e. The van der Waals surface area contributed by atoms with Crippen LogP contribution >= 0.6 is 0 Å². The summed E-state index contributed by atoms with van der Waals surface area (Å²) in [7, 11) is 0. The van der Waals surface area contributed by atoms with Gasteiger partial charge < -0.3 is 11.1 Å². The van der Waals surface area contributed by atoms with Gasteiger partial charge in [0.1, 0.15) is 0 Å². The summed E-state index contributed by atoms with van der Waals surface area (Å²) >= 11 is 0. The normalized spacial score (nSPS) is 20.3. The summed E-state index contributed by atoms with van der Waals surface area (Å²) in [6.07, 6.45) is 1.10. The predicted molar refractivity (Wildman–Crippen MR) is 79.0 cm³/mol. The van der Waals surface area contributed by atoms with Crippen LogP contribution in [0.3, 0.4) is 0 Å². The van der Waals surface area contributed by atoms with Crippen LogP contribution in [0.2, 0.25) is 0 Å². The molecule has 1 atom stereocenters. The molecule has 1 saturated heterocycles. The first-order valence-corrected chi connectivity index (χ1v) is 7.33. The third kappa shape index (κ3) is 5.89. The molecule has 1 unspecified atom stereocenters. The number of carbonyl (C=O) groups excluding carboxylic acids is 1. The second-order valence-corrected chi connectivity index (χ2v) is 6.41. The molecule has 5 heteroatoms. The first kappa shape index (κ1) is 16.4. The summed E-state index contributed by atoms with van der Waals surface area (Å²) in [6.45, 7) is 13.4. The van der Waals surface area contributed by atoms with Crippen LogP contribution in [0.4, 0.5) is 0 Å². The third-order valence-electron chi connectivity index (χ3n) is 3.55. The van der Waals surface area contributed by atoms with E-state index in [-0.39, 0.29) is 11.4 Å². The summed E-state index contributed by atoms with van der Waals surface area (Å²) in [6, 6.07) is 0.491. The lowest BCUT2D eigenvalue weighted by molar-refractivity contribution is -0.124. The molecular weight excluding hydrogens is 240 g/mol. The molecule has 0 spiro atoms. The molecule has 1 amide bonds. The highest BCUT2D eigenvalue weighted by Crippen LogP contribution is 2.08. The van der Waals surface area contributed by atoms with Gasteiger partial charge in [-0.3, -0.25) is 14.6 Å². The van der Waals surface area contributed by atoms with Crippen molar-refractivity contribution in [2.24, 2.45) is 5.73 Å². The molecule has 0 aromatic heterocycles. The lowest BCUT2D eigenvalue weighted by atomic mass is 10.1. The molecule has 0 aromatic rings. The van der Waals surface area contributed by atoms with E-state index in [2.05, 4.69) is 22.0 Å². The van der Waals surface area contributed by atoms with Crippen molar-refractivity contribution in [3.63, 3.8) is 0 Å². The molecule has 0 radical (unpaired) electrons. The van der Waals surface area contributed by atoms with Crippen LogP contribution in [0.15, 0.2) is 0 Å². The van der Waals surface area contributed by atoms with Crippen molar-refractivity contribution in [1.29, 1.82) is 0 Å². The molecule has 0 bridgehead atoms. The Balaban J connectivity index is 2.32. The highest BCUT2D eigenvalue weighted by Gasteiger charge is 2.23. The number of carbonyl (C=O) groups is 1. The van der Waals surface area contributed by atoms with Gasteiger partial charge in [-0.1, -0.05) is 6.92 Å². The first-order chi connectivity index (χ1) is 8.85. The minimum absolute atomic E-state index is 0.117. The van der Waals surface area contributed by atoms with Crippen molar-refractivity contribution >= 4 is 5.91 Å². The average Bonchev–Trinajstić information content (AvgIpc) is 2.30. The number of nitrogens with one attached hydrogen (secondary N) is 1. The SMILES string of the molecule is CCC(CN)N1CCN(CC(=O)NC(C)(C)C)CC1. The number of rotatable bonds is 5. The van der Waals surface area contributed by atoms with Gasteiger partial charge in [-0.05, 0) is 27.2 Å². The molecular formula is C14H30N4O. The topological polar surface area (TPSA) is 61.6 Å². The first-order valence-electron chi connectivity index (χ1n) is 7.33. The van der Waals surface area contributed by atoms with Gasteiger partial charge >= 0.3 is 0 Å². The average molecular weight is 270 g/mol. The van der Waals surface area contributed by atoms with E-state index >= 15 is 0 Å². The van der Waals surface area contributed by atoms with E-state index in [1.807, 2.05) is 20.8 Å². The fourth-order valence-corrected chi connectivity index (χ4v) is 2.52. The second kappa shape index (κ2) is 7.22. The molecule has 3 N–H and O–H groups in total. The van der Waals surface area contributed by atoms with Crippen LogP contribution in [0.1, 0.15) is 34.1 Å². The van der Waals surface area contributed by atoms with Gasteiger partial charge in [-0.25, -0.2) is 0 Å². The zero-order valence-corrected chi connectivity index (χ0v) is 12.9. The van der Waals surface area contributed by atoms with Gasteiger partial charge in [0.25, 0.3) is 0 Å². The van der Waals surface area contributed by atoms with Gasteiger partial charge in [-0.2, -0.15) is 0 Å². The Morgan fingerprint density at radius 1 is 1.26 bits per heavy atom. The van der Waals surface area contributed by atoms with Crippen LogP contribution in [0.25, 0.3) is 0 Å². The smallest absolute Gasteiger partial charge is 0.234 e. The fraction of sp³-hybridized carbons (Fsp3) is 0.929. The summed E-state index contributed by atoms with van der Waals surface area (Å²) in [4.78, 5) is 16.5. The van der Waals surface area contributed by atoms with E-state index in [1.165, 1.54) is 0 Å². The Bertz CT molecular complexity index is 276. The maximum Gasteiger partial charge on any atom is 0.234 e. The molecule has 1 aliphatic rings. The fourth-order valence-electron chi connectivity index (χ4n) is 2.52. The van der Waals surface area contributed by atoms with Gasteiger partial charge in [-0.15, -0.1) is 0 Å². The van der Waals surface area contributed by atoms with Crippen LogP contribution in [0.5, 0.6) is 0 Å². The lowest BCUT2D eigenvalue weighted by Crippen LogP contribution is -2.54. The summed E-state index contributed by atoms with van der Waals surface area (Å²) in [5, 5.41) is 3.01.